The van der Waals surface area contributed by atoms with Gasteiger partial charge in [0.1, 0.15) is 5.75 Å². The molecule has 2 aliphatic rings. The summed E-state index contributed by atoms with van der Waals surface area (Å²) in [5.41, 5.74) is 3.22. The van der Waals surface area contributed by atoms with E-state index in [9.17, 15) is 4.79 Å². The van der Waals surface area contributed by atoms with Crippen molar-refractivity contribution in [3.63, 3.8) is 0 Å². The Bertz CT molecular complexity index is 739. The van der Waals surface area contributed by atoms with Crippen LogP contribution in [0.2, 0.25) is 0 Å². The number of para-hydroxylation sites is 1. The second kappa shape index (κ2) is 5.00. The van der Waals surface area contributed by atoms with Gasteiger partial charge in [-0.1, -0.05) is 18.2 Å². The smallest absolute Gasteiger partial charge is 0.267 e. The summed E-state index contributed by atoms with van der Waals surface area (Å²) >= 11 is 0. The fourth-order valence-corrected chi connectivity index (χ4v) is 3.08. The normalized spacial score (nSPS) is 19.7. The lowest BCUT2D eigenvalue weighted by atomic mass is 10.0. The minimum absolute atomic E-state index is 0.0261. The molecule has 1 aromatic carbocycles. The Morgan fingerprint density at radius 1 is 1.38 bits per heavy atom. The number of hydrogen-bond donors (Lipinski definition) is 1. The minimum Gasteiger partial charge on any atom is -0.493 e. The van der Waals surface area contributed by atoms with E-state index in [0.717, 1.165) is 36.5 Å². The van der Waals surface area contributed by atoms with Gasteiger partial charge in [-0.3, -0.25) is 4.79 Å². The highest BCUT2D eigenvalue weighted by Crippen LogP contribution is 2.34. The van der Waals surface area contributed by atoms with Crippen LogP contribution in [0.4, 0.5) is 0 Å². The number of hydrogen-bond acceptors (Lipinski definition) is 4. The molecule has 1 aromatic heterocycles. The van der Waals surface area contributed by atoms with Crippen molar-refractivity contribution in [2.24, 2.45) is 0 Å². The average Bonchev–Trinajstić information content (AvgIpc) is 2.91. The Kier molecular flexibility index (Phi) is 3.00. The van der Waals surface area contributed by atoms with Crippen molar-refractivity contribution in [2.45, 2.75) is 25.4 Å². The van der Waals surface area contributed by atoms with E-state index in [1.54, 1.807) is 10.7 Å². The maximum Gasteiger partial charge on any atom is 0.267 e. The monoisotopic (exact) mass is 283 g/mol. The van der Waals surface area contributed by atoms with Crippen molar-refractivity contribution in [3.8, 4) is 5.75 Å². The molecule has 2 aromatic rings. The van der Waals surface area contributed by atoms with Gasteiger partial charge in [0.15, 0.2) is 0 Å². The standard InChI is InChI=1S/C16H17N3O2/c20-16-7-11-8-17-6-5-14(11)18-19(16)9-12-10-21-15-4-2-1-3-13(12)15/h1-4,7,12,17H,5-6,8-10H2. The molecule has 0 saturated heterocycles. The van der Waals surface area contributed by atoms with Gasteiger partial charge in [-0.2, -0.15) is 5.10 Å². The number of fused-ring (bicyclic) bond motifs is 2. The molecule has 0 saturated carbocycles. The second-order valence-corrected chi connectivity index (χ2v) is 5.61. The number of benzene rings is 1. The van der Waals surface area contributed by atoms with Gasteiger partial charge in [-0.25, -0.2) is 4.68 Å². The molecule has 0 aliphatic carbocycles. The molecule has 0 radical (unpaired) electrons. The van der Waals surface area contributed by atoms with Crippen LogP contribution >= 0.6 is 0 Å². The van der Waals surface area contributed by atoms with Crippen LogP contribution in [0.25, 0.3) is 0 Å². The topological polar surface area (TPSA) is 56.2 Å². The predicted octanol–water partition coefficient (Wildman–Crippen LogP) is 1.07. The SMILES string of the molecule is O=c1cc2c(nn1CC1COc3ccccc31)CCNC2. The molecule has 0 bridgehead atoms. The van der Waals surface area contributed by atoms with E-state index in [-0.39, 0.29) is 11.5 Å². The molecule has 4 rings (SSSR count). The Balaban J connectivity index is 1.65. The summed E-state index contributed by atoms with van der Waals surface area (Å²) in [6.45, 7) is 2.87. The molecule has 1 atom stereocenters. The van der Waals surface area contributed by atoms with Crippen LogP contribution in [0.15, 0.2) is 35.1 Å². The summed E-state index contributed by atoms with van der Waals surface area (Å²) < 4.78 is 7.28. The molecule has 3 heterocycles. The van der Waals surface area contributed by atoms with Crippen LogP contribution in [0.5, 0.6) is 5.75 Å². The third-order valence-corrected chi connectivity index (χ3v) is 4.21. The van der Waals surface area contributed by atoms with Gasteiger partial charge in [0.05, 0.1) is 18.8 Å². The quantitative estimate of drug-likeness (QED) is 0.895. The van der Waals surface area contributed by atoms with E-state index in [0.29, 0.717) is 13.2 Å². The predicted molar refractivity (Wildman–Crippen MR) is 78.6 cm³/mol. The lowest BCUT2D eigenvalue weighted by molar-refractivity contribution is 0.312. The maximum atomic E-state index is 12.2. The van der Waals surface area contributed by atoms with Gasteiger partial charge in [-0.05, 0) is 11.6 Å². The van der Waals surface area contributed by atoms with Gasteiger partial charge >= 0.3 is 0 Å². The zero-order chi connectivity index (χ0) is 14.2. The molecule has 2 aliphatic heterocycles. The number of rotatable bonds is 2. The van der Waals surface area contributed by atoms with E-state index in [1.807, 2.05) is 18.2 Å². The van der Waals surface area contributed by atoms with E-state index in [2.05, 4.69) is 16.5 Å². The van der Waals surface area contributed by atoms with Gasteiger partial charge in [0, 0.05) is 37.1 Å². The molecule has 1 N–H and O–H groups in total. The summed E-state index contributed by atoms with van der Waals surface area (Å²) in [6, 6.07) is 9.74. The summed E-state index contributed by atoms with van der Waals surface area (Å²) in [7, 11) is 0. The van der Waals surface area contributed by atoms with Crippen molar-refractivity contribution >= 4 is 0 Å². The molecule has 1 unspecified atom stereocenters. The number of ether oxygens (including phenoxy) is 1. The number of nitrogens with zero attached hydrogens (tertiary/aromatic N) is 2. The van der Waals surface area contributed by atoms with Crippen LogP contribution in [0.3, 0.4) is 0 Å². The van der Waals surface area contributed by atoms with E-state index in [4.69, 9.17) is 4.74 Å². The van der Waals surface area contributed by atoms with Crippen molar-refractivity contribution < 1.29 is 4.74 Å². The summed E-state index contributed by atoms with van der Waals surface area (Å²) in [4.78, 5) is 12.2. The lowest BCUT2D eigenvalue weighted by Crippen LogP contribution is -2.32. The van der Waals surface area contributed by atoms with Gasteiger partial charge in [0.2, 0.25) is 0 Å². The van der Waals surface area contributed by atoms with Crippen molar-refractivity contribution in [1.82, 2.24) is 15.1 Å². The Morgan fingerprint density at radius 2 is 2.29 bits per heavy atom. The van der Waals surface area contributed by atoms with Crippen LogP contribution in [0.1, 0.15) is 22.7 Å². The van der Waals surface area contributed by atoms with E-state index >= 15 is 0 Å². The first-order chi connectivity index (χ1) is 10.3. The molecule has 5 nitrogen and oxygen atoms in total. The van der Waals surface area contributed by atoms with Crippen molar-refractivity contribution in [3.05, 3.63) is 57.5 Å². The molecule has 0 amide bonds. The van der Waals surface area contributed by atoms with Crippen LogP contribution < -0.4 is 15.6 Å². The highest BCUT2D eigenvalue weighted by molar-refractivity contribution is 5.39. The van der Waals surface area contributed by atoms with Gasteiger partial charge in [0.25, 0.3) is 5.56 Å². The van der Waals surface area contributed by atoms with Crippen LogP contribution in [0, 0.1) is 0 Å². The summed E-state index contributed by atoms with van der Waals surface area (Å²) in [5, 5.41) is 7.82. The highest BCUT2D eigenvalue weighted by atomic mass is 16.5. The van der Waals surface area contributed by atoms with Crippen molar-refractivity contribution in [1.29, 1.82) is 0 Å². The molecule has 108 valence electrons. The number of nitrogens with one attached hydrogen (secondary N) is 1. The first kappa shape index (κ1) is 12.6. The Hall–Kier alpha value is -2.14. The highest BCUT2D eigenvalue weighted by Gasteiger charge is 2.25. The number of aromatic nitrogens is 2. The Morgan fingerprint density at radius 3 is 3.24 bits per heavy atom. The zero-order valence-corrected chi connectivity index (χ0v) is 11.7. The fourth-order valence-electron chi connectivity index (χ4n) is 3.08. The van der Waals surface area contributed by atoms with Gasteiger partial charge < -0.3 is 10.1 Å². The molecular weight excluding hydrogens is 266 g/mol. The lowest BCUT2D eigenvalue weighted by Gasteiger charge is -2.18. The second-order valence-electron chi connectivity index (χ2n) is 5.61. The molecule has 0 fully saturated rings. The fraction of sp³-hybridized carbons (Fsp3) is 0.375. The van der Waals surface area contributed by atoms with E-state index < -0.39 is 0 Å². The first-order valence-corrected chi connectivity index (χ1v) is 7.33. The third-order valence-electron chi connectivity index (χ3n) is 4.21. The summed E-state index contributed by atoms with van der Waals surface area (Å²) in [6.07, 6.45) is 0.882. The first-order valence-electron chi connectivity index (χ1n) is 7.33. The molecular formula is C16H17N3O2. The molecule has 0 spiro atoms. The maximum absolute atomic E-state index is 12.2. The van der Waals surface area contributed by atoms with E-state index in [1.165, 1.54) is 5.56 Å². The Labute approximate surface area is 122 Å². The summed E-state index contributed by atoms with van der Waals surface area (Å²) in [5.74, 6) is 1.13. The van der Waals surface area contributed by atoms with Crippen molar-refractivity contribution in [2.75, 3.05) is 13.2 Å². The average molecular weight is 283 g/mol. The minimum atomic E-state index is -0.0261. The van der Waals surface area contributed by atoms with Crippen LogP contribution in [-0.4, -0.2) is 22.9 Å². The molecule has 21 heavy (non-hydrogen) atoms. The zero-order valence-electron chi connectivity index (χ0n) is 11.7. The van der Waals surface area contributed by atoms with Gasteiger partial charge in [-0.15, -0.1) is 0 Å². The molecule has 5 heteroatoms. The van der Waals surface area contributed by atoms with Crippen LogP contribution in [-0.2, 0) is 19.5 Å². The third kappa shape index (κ3) is 2.23. The largest absolute Gasteiger partial charge is 0.493 e.